The summed E-state index contributed by atoms with van der Waals surface area (Å²) in [4.78, 5) is 0. The SMILES string of the molecule is N#Cc1cc(F)c(Cn2cccn2)cc1F. The number of rotatable bonds is 2. The fraction of sp³-hybridized carbons (Fsp3) is 0.0909. The van der Waals surface area contributed by atoms with Gasteiger partial charge in [0.25, 0.3) is 0 Å². The van der Waals surface area contributed by atoms with Crippen molar-refractivity contribution in [2.45, 2.75) is 6.54 Å². The van der Waals surface area contributed by atoms with Gasteiger partial charge in [-0.2, -0.15) is 10.4 Å². The normalized spacial score (nSPS) is 10.1. The Morgan fingerprint density at radius 3 is 2.75 bits per heavy atom. The largest absolute Gasteiger partial charge is 0.268 e. The maximum absolute atomic E-state index is 13.5. The quantitative estimate of drug-likeness (QED) is 0.775. The number of halogens is 2. The van der Waals surface area contributed by atoms with E-state index in [4.69, 9.17) is 5.26 Å². The molecule has 0 fully saturated rings. The van der Waals surface area contributed by atoms with Crippen molar-refractivity contribution in [1.29, 1.82) is 5.26 Å². The van der Waals surface area contributed by atoms with Crippen LogP contribution in [-0.2, 0) is 6.54 Å². The Morgan fingerprint density at radius 2 is 2.12 bits per heavy atom. The summed E-state index contributed by atoms with van der Waals surface area (Å²) >= 11 is 0. The van der Waals surface area contributed by atoms with E-state index in [0.717, 1.165) is 12.1 Å². The standard InChI is InChI=1S/C11H7F2N3/c12-10-5-9(7-16-3-1-2-15-16)11(13)4-8(10)6-14/h1-5H,7H2. The number of hydrogen-bond donors (Lipinski definition) is 0. The zero-order valence-corrected chi connectivity index (χ0v) is 8.19. The van der Waals surface area contributed by atoms with E-state index in [2.05, 4.69) is 5.10 Å². The lowest BCUT2D eigenvalue weighted by molar-refractivity contribution is 0.564. The van der Waals surface area contributed by atoms with Gasteiger partial charge < -0.3 is 0 Å². The molecule has 3 nitrogen and oxygen atoms in total. The van der Waals surface area contributed by atoms with Gasteiger partial charge in [-0.1, -0.05) is 0 Å². The Balaban J connectivity index is 2.36. The molecule has 0 saturated heterocycles. The van der Waals surface area contributed by atoms with Crippen molar-refractivity contribution in [1.82, 2.24) is 9.78 Å². The second-order valence-corrected chi connectivity index (χ2v) is 3.24. The molecule has 0 bridgehead atoms. The molecule has 0 amide bonds. The van der Waals surface area contributed by atoms with Gasteiger partial charge >= 0.3 is 0 Å². The molecule has 1 aromatic heterocycles. The molecule has 0 saturated carbocycles. The number of nitrogens with zero attached hydrogens (tertiary/aromatic N) is 3. The Hall–Kier alpha value is -2.22. The van der Waals surface area contributed by atoms with Crippen LogP contribution in [0.15, 0.2) is 30.6 Å². The molecule has 5 heteroatoms. The average Bonchev–Trinajstić information content (AvgIpc) is 2.75. The molecule has 2 rings (SSSR count). The molecule has 0 radical (unpaired) electrons. The predicted octanol–water partition coefficient (Wildman–Crippen LogP) is 2.08. The molecule has 0 atom stereocenters. The molecule has 0 spiro atoms. The highest BCUT2D eigenvalue weighted by Gasteiger charge is 2.09. The maximum Gasteiger partial charge on any atom is 0.141 e. The van der Waals surface area contributed by atoms with E-state index in [0.29, 0.717) is 0 Å². The average molecular weight is 219 g/mol. The summed E-state index contributed by atoms with van der Waals surface area (Å²) < 4.78 is 28.2. The number of aromatic nitrogens is 2. The lowest BCUT2D eigenvalue weighted by atomic mass is 10.1. The second kappa shape index (κ2) is 4.11. The Kier molecular flexibility index (Phi) is 2.64. The number of nitriles is 1. The summed E-state index contributed by atoms with van der Waals surface area (Å²) in [6.45, 7) is 0.140. The van der Waals surface area contributed by atoms with E-state index in [-0.39, 0.29) is 17.7 Å². The lowest BCUT2D eigenvalue weighted by Crippen LogP contribution is -2.03. The summed E-state index contributed by atoms with van der Waals surface area (Å²) in [5.74, 6) is -1.32. The molecule has 1 aromatic carbocycles. The fourth-order valence-electron chi connectivity index (χ4n) is 1.36. The van der Waals surface area contributed by atoms with Crippen LogP contribution in [0.5, 0.6) is 0 Å². The lowest BCUT2D eigenvalue weighted by Gasteiger charge is -2.04. The topological polar surface area (TPSA) is 41.6 Å². The van der Waals surface area contributed by atoms with Gasteiger partial charge in [0.15, 0.2) is 0 Å². The van der Waals surface area contributed by atoms with Gasteiger partial charge in [0.05, 0.1) is 12.1 Å². The van der Waals surface area contributed by atoms with Crippen LogP contribution in [0.2, 0.25) is 0 Å². The molecule has 0 aliphatic heterocycles. The summed E-state index contributed by atoms with van der Waals surface area (Å²) in [5.41, 5.74) is -0.123. The van der Waals surface area contributed by atoms with E-state index in [1.165, 1.54) is 4.68 Å². The monoisotopic (exact) mass is 219 g/mol. The molecule has 0 aliphatic rings. The van der Waals surface area contributed by atoms with Gasteiger partial charge in [0.2, 0.25) is 0 Å². The van der Waals surface area contributed by atoms with Crippen LogP contribution in [0.4, 0.5) is 8.78 Å². The van der Waals surface area contributed by atoms with E-state index in [1.807, 2.05) is 0 Å². The minimum Gasteiger partial charge on any atom is -0.268 e. The van der Waals surface area contributed by atoms with Crippen molar-refractivity contribution in [3.05, 3.63) is 53.4 Å². The summed E-state index contributed by atoms with van der Waals surface area (Å²) in [7, 11) is 0. The van der Waals surface area contributed by atoms with Crippen LogP contribution in [-0.4, -0.2) is 9.78 Å². The zero-order valence-electron chi connectivity index (χ0n) is 8.19. The minimum atomic E-state index is -0.717. The van der Waals surface area contributed by atoms with Crippen molar-refractivity contribution < 1.29 is 8.78 Å². The van der Waals surface area contributed by atoms with Crippen molar-refractivity contribution >= 4 is 0 Å². The third-order valence-electron chi connectivity index (χ3n) is 2.15. The Morgan fingerprint density at radius 1 is 1.31 bits per heavy atom. The van der Waals surface area contributed by atoms with E-state index in [1.54, 1.807) is 24.5 Å². The number of hydrogen-bond acceptors (Lipinski definition) is 2. The third-order valence-corrected chi connectivity index (χ3v) is 2.15. The highest BCUT2D eigenvalue weighted by molar-refractivity contribution is 5.34. The van der Waals surface area contributed by atoms with Crippen molar-refractivity contribution in [3.63, 3.8) is 0 Å². The van der Waals surface area contributed by atoms with Gasteiger partial charge in [-0.25, -0.2) is 8.78 Å². The highest BCUT2D eigenvalue weighted by Crippen LogP contribution is 2.15. The summed E-state index contributed by atoms with van der Waals surface area (Å²) in [6, 6.07) is 5.20. The summed E-state index contributed by atoms with van der Waals surface area (Å²) in [6.07, 6.45) is 3.20. The number of benzene rings is 1. The molecule has 1 heterocycles. The first-order valence-corrected chi connectivity index (χ1v) is 4.56. The van der Waals surface area contributed by atoms with Crippen LogP contribution < -0.4 is 0 Å². The predicted molar refractivity (Wildman–Crippen MR) is 52.4 cm³/mol. The first-order chi connectivity index (χ1) is 7.70. The molecule has 0 N–H and O–H groups in total. The van der Waals surface area contributed by atoms with Crippen molar-refractivity contribution in [2.75, 3.05) is 0 Å². The summed E-state index contributed by atoms with van der Waals surface area (Å²) in [5, 5.41) is 12.4. The van der Waals surface area contributed by atoms with Crippen LogP contribution >= 0.6 is 0 Å². The fourth-order valence-corrected chi connectivity index (χ4v) is 1.36. The van der Waals surface area contributed by atoms with Crippen LogP contribution in [0.1, 0.15) is 11.1 Å². The molecule has 16 heavy (non-hydrogen) atoms. The van der Waals surface area contributed by atoms with Gasteiger partial charge in [-0.15, -0.1) is 0 Å². The smallest absolute Gasteiger partial charge is 0.141 e. The van der Waals surface area contributed by atoms with E-state index in [9.17, 15) is 8.78 Å². The van der Waals surface area contributed by atoms with E-state index < -0.39 is 11.6 Å². The molecule has 0 unspecified atom stereocenters. The van der Waals surface area contributed by atoms with Crippen molar-refractivity contribution in [3.8, 4) is 6.07 Å². The molecular formula is C11H7F2N3. The molecule has 80 valence electrons. The first-order valence-electron chi connectivity index (χ1n) is 4.56. The van der Waals surface area contributed by atoms with Crippen LogP contribution in [0.3, 0.4) is 0 Å². The Labute approximate surface area is 90.5 Å². The van der Waals surface area contributed by atoms with Gasteiger partial charge in [-0.05, 0) is 18.2 Å². The molecule has 0 aliphatic carbocycles. The van der Waals surface area contributed by atoms with Gasteiger partial charge in [-0.3, -0.25) is 4.68 Å². The first kappa shape index (κ1) is 10.3. The van der Waals surface area contributed by atoms with Crippen molar-refractivity contribution in [2.24, 2.45) is 0 Å². The van der Waals surface area contributed by atoms with Crippen LogP contribution in [0.25, 0.3) is 0 Å². The Bertz CT molecular complexity index is 541. The molecular weight excluding hydrogens is 212 g/mol. The van der Waals surface area contributed by atoms with Gasteiger partial charge in [0, 0.05) is 18.0 Å². The second-order valence-electron chi connectivity index (χ2n) is 3.24. The third kappa shape index (κ3) is 1.91. The van der Waals surface area contributed by atoms with Gasteiger partial charge in [0.1, 0.15) is 17.7 Å². The van der Waals surface area contributed by atoms with Crippen LogP contribution in [0, 0.1) is 23.0 Å². The zero-order chi connectivity index (χ0) is 11.5. The highest BCUT2D eigenvalue weighted by atomic mass is 19.1. The minimum absolute atomic E-state index is 0.140. The molecule has 2 aromatic rings. The van der Waals surface area contributed by atoms with E-state index >= 15 is 0 Å². The maximum atomic E-state index is 13.5.